The summed E-state index contributed by atoms with van der Waals surface area (Å²) in [6.07, 6.45) is 7.94. The Kier molecular flexibility index (Phi) is 4.80. The highest BCUT2D eigenvalue weighted by atomic mass is 15.3. The minimum absolute atomic E-state index is 0.527. The molecule has 0 fully saturated rings. The van der Waals surface area contributed by atoms with Crippen molar-refractivity contribution in [3.63, 3.8) is 0 Å². The Bertz CT molecular complexity index is 409. The second-order valence-corrected chi connectivity index (χ2v) is 5.21. The zero-order chi connectivity index (χ0) is 12.8. The van der Waals surface area contributed by atoms with Crippen LogP contribution in [0.3, 0.4) is 0 Å². The highest BCUT2D eigenvalue weighted by Crippen LogP contribution is 2.27. The fourth-order valence-electron chi connectivity index (χ4n) is 2.49. The molecule has 0 aromatic heterocycles. The lowest BCUT2D eigenvalue weighted by molar-refractivity contribution is 0.566. The third kappa shape index (κ3) is 3.12. The van der Waals surface area contributed by atoms with Crippen molar-refractivity contribution < 1.29 is 0 Å². The topological polar surface area (TPSA) is 26.5 Å². The quantitative estimate of drug-likeness (QED) is 0.624. The molecule has 2 heteroatoms. The van der Waals surface area contributed by atoms with Crippen molar-refractivity contribution >= 4 is 11.4 Å². The summed E-state index contributed by atoms with van der Waals surface area (Å²) in [5.41, 5.74) is 7.70. The summed E-state index contributed by atoms with van der Waals surface area (Å²) in [6.45, 7) is 4.53. The van der Waals surface area contributed by atoms with Crippen molar-refractivity contribution in [2.45, 2.75) is 52.4 Å². The van der Waals surface area contributed by atoms with E-state index in [-0.39, 0.29) is 0 Å². The SMILES string of the molecule is CCCCCCCC(C)C1=N[N]c2ccccc21. The van der Waals surface area contributed by atoms with Crippen LogP contribution in [-0.2, 0) is 0 Å². The molecule has 1 unspecified atom stereocenters. The molecule has 0 aliphatic carbocycles. The summed E-state index contributed by atoms with van der Waals surface area (Å²) in [5, 5.41) is 4.36. The van der Waals surface area contributed by atoms with Crippen LogP contribution < -0.4 is 5.43 Å². The van der Waals surface area contributed by atoms with Gasteiger partial charge in [-0.25, -0.2) is 0 Å². The Morgan fingerprint density at radius 1 is 1.06 bits per heavy atom. The zero-order valence-corrected chi connectivity index (χ0v) is 11.5. The molecule has 0 spiro atoms. The maximum Gasteiger partial charge on any atom is 0.0948 e. The highest BCUT2D eigenvalue weighted by Gasteiger charge is 2.21. The van der Waals surface area contributed by atoms with Gasteiger partial charge in [-0.3, -0.25) is 0 Å². The van der Waals surface area contributed by atoms with E-state index in [9.17, 15) is 0 Å². The van der Waals surface area contributed by atoms with Gasteiger partial charge in [0.25, 0.3) is 0 Å². The monoisotopic (exact) mass is 243 g/mol. The number of hydrogen-bond acceptors (Lipinski definition) is 1. The van der Waals surface area contributed by atoms with Crippen LogP contribution in [0.2, 0.25) is 0 Å². The summed E-state index contributed by atoms with van der Waals surface area (Å²) in [5.74, 6) is 0.527. The molecule has 1 aromatic carbocycles. The minimum atomic E-state index is 0.527. The Hall–Kier alpha value is -1.31. The fourth-order valence-corrected chi connectivity index (χ4v) is 2.49. The van der Waals surface area contributed by atoms with E-state index in [0.717, 1.165) is 5.69 Å². The third-order valence-electron chi connectivity index (χ3n) is 3.65. The standard InChI is InChI=1S/C16H23N2/c1-3-4-5-6-7-10-13(2)16-14-11-8-9-12-15(14)17-18-16/h8-9,11-13H,3-7,10H2,1-2H3. The van der Waals surface area contributed by atoms with E-state index in [1.807, 2.05) is 12.1 Å². The van der Waals surface area contributed by atoms with E-state index in [0.29, 0.717) is 5.92 Å². The van der Waals surface area contributed by atoms with Crippen LogP contribution in [0.4, 0.5) is 5.69 Å². The molecule has 18 heavy (non-hydrogen) atoms. The molecule has 2 nitrogen and oxygen atoms in total. The van der Waals surface area contributed by atoms with E-state index < -0.39 is 0 Å². The van der Waals surface area contributed by atoms with Crippen LogP contribution >= 0.6 is 0 Å². The van der Waals surface area contributed by atoms with E-state index in [4.69, 9.17) is 0 Å². The van der Waals surface area contributed by atoms with Gasteiger partial charge in [0.1, 0.15) is 0 Å². The molecule has 1 aliphatic heterocycles. The maximum atomic E-state index is 4.36. The van der Waals surface area contributed by atoms with Gasteiger partial charge < -0.3 is 0 Å². The van der Waals surface area contributed by atoms with Crippen LogP contribution in [0.1, 0.15) is 57.9 Å². The lowest BCUT2D eigenvalue weighted by Crippen LogP contribution is -2.10. The summed E-state index contributed by atoms with van der Waals surface area (Å²) in [6, 6.07) is 8.28. The number of rotatable bonds is 7. The minimum Gasteiger partial charge on any atom is -0.154 e. The molecule has 1 atom stereocenters. The normalized spacial score (nSPS) is 14.9. The van der Waals surface area contributed by atoms with Gasteiger partial charge in [-0.15, -0.1) is 0 Å². The van der Waals surface area contributed by atoms with E-state index in [1.54, 1.807) is 0 Å². The molecule has 0 bridgehead atoms. The average Bonchev–Trinajstić information content (AvgIpc) is 2.82. The first-order valence-corrected chi connectivity index (χ1v) is 7.21. The van der Waals surface area contributed by atoms with Crippen molar-refractivity contribution in [2.75, 3.05) is 0 Å². The second kappa shape index (κ2) is 6.58. The molecular weight excluding hydrogens is 220 g/mol. The largest absolute Gasteiger partial charge is 0.154 e. The van der Waals surface area contributed by atoms with Crippen molar-refractivity contribution in [1.82, 2.24) is 5.43 Å². The number of nitrogens with zero attached hydrogens (tertiary/aromatic N) is 2. The first kappa shape index (κ1) is 13.1. The average molecular weight is 243 g/mol. The van der Waals surface area contributed by atoms with Gasteiger partial charge in [-0.05, 0) is 12.5 Å². The molecule has 0 saturated carbocycles. The van der Waals surface area contributed by atoms with Crippen LogP contribution in [0.15, 0.2) is 29.4 Å². The number of hydrogen-bond donors (Lipinski definition) is 0. The van der Waals surface area contributed by atoms with Crippen molar-refractivity contribution in [2.24, 2.45) is 11.0 Å². The molecule has 1 aliphatic rings. The second-order valence-electron chi connectivity index (χ2n) is 5.21. The number of unbranched alkanes of at least 4 members (excludes halogenated alkanes) is 4. The fraction of sp³-hybridized carbons (Fsp3) is 0.562. The van der Waals surface area contributed by atoms with Gasteiger partial charge in [-0.2, -0.15) is 10.5 Å². The number of benzene rings is 1. The molecular formula is C16H23N2. The lowest BCUT2D eigenvalue weighted by atomic mass is 9.93. The van der Waals surface area contributed by atoms with Gasteiger partial charge in [0.2, 0.25) is 0 Å². The van der Waals surface area contributed by atoms with Gasteiger partial charge in [0, 0.05) is 11.5 Å². The van der Waals surface area contributed by atoms with Crippen molar-refractivity contribution in [3.05, 3.63) is 29.8 Å². The molecule has 0 N–H and O–H groups in total. The van der Waals surface area contributed by atoms with Gasteiger partial charge >= 0.3 is 0 Å². The first-order chi connectivity index (χ1) is 8.83. The predicted octanol–water partition coefficient (Wildman–Crippen LogP) is 4.64. The molecule has 2 rings (SSSR count). The summed E-state index contributed by atoms with van der Waals surface area (Å²) in [7, 11) is 0. The third-order valence-corrected chi connectivity index (χ3v) is 3.65. The van der Waals surface area contributed by atoms with Crippen LogP contribution in [-0.4, -0.2) is 5.71 Å². The highest BCUT2D eigenvalue weighted by molar-refractivity contribution is 6.07. The van der Waals surface area contributed by atoms with Gasteiger partial charge in [0.05, 0.1) is 11.4 Å². The Labute approximate surface area is 110 Å². The van der Waals surface area contributed by atoms with Crippen LogP contribution in [0.5, 0.6) is 0 Å². The van der Waals surface area contributed by atoms with E-state index in [1.165, 1.54) is 49.8 Å². The van der Waals surface area contributed by atoms with E-state index in [2.05, 4.69) is 36.5 Å². The molecule has 1 heterocycles. The maximum absolute atomic E-state index is 4.36. The van der Waals surface area contributed by atoms with Crippen molar-refractivity contribution in [3.8, 4) is 0 Å². The molecule has 1 aromatic rings. The summed E-state index contributed by atoms with van der Waals surface area (Å²) in [4.78, 5) is 0. The Balaban J connectivity index is 1.82. The van der Waals surface area contributed by atoms with Crippen molar-refractivity contribution in [1.29, 1.82) is 0 Å². The Morgan fingerprint density at radius 3 is 2.67 bits per heavy atom. The molecule has 1 radical (unpaired) electrons. The molecule has 0 saturated heterocycles. The first-order valence-electron chi connectivity index (χ1n) is 7.21. The van der Waals surface area contributed by atoms with Gasteiger partial charge in [-0.1, -0.05) is 64.2 Å². The smallest absolute Gasteiger partial charge is 0.0948 e. The lowest BCUT2D eigenvalue weighted by Gasteiger charge is -2.11. The van der Waals surface area contributed by atoms with Gasteiger partial charge in [0.15, 0.2) is 0 Å². The predicted molar refractivity (Wildman–Crippen MR) is 77.3 cm³/mol. The zero-order valence-electron chi connectivity index (χ0n) is 11.5. The van der Waals surface area contributed by atoms with E-state index >= 15 is 0 Å². The summed E-state index contributed by atoms with van der Waals surface area (Å²) < 4.78 is 0. The molecule has 97 valence electrons. The Morgan fingerprint density at radius 2 is 1.83 bits per heavy atom. The molecule has 0 amide bonds. The summed E-state index contributed by atoms with van der Waals surface area (Å²) >= 11 is 0. The van der Waals surface area contributed by atoms with Crippen LogP contribution in [0, 0.1) is 5.92 Å². The number of fused-ring (bicyclic) bond motifs is 1. The van der Waals surface area contributed by atoms with Crippen LogP contribution in [0.25, 0.3) is 0 Å².